The van der Waals surface area contributed by atoms with Crippen LogP contribution in [0.2, 0.25) is 0 Å². The van der Waals surface area contributed by atoms with E-state index in [9.17, 15) is 26.0 Å². The van der Waals surface area contributed by atoms with Gasteiger partial charge in [-0.2, -0.15) is 8.78 Å². The van der Waals surface area contributed by atoms with Gasteiger partial charge in [-0.15, -0.1) is 0 Å². The van der Waals surface area contributed by atoms with Gasteiger partial charge in [-0.1, -0.05) is 6.92 Å². The van der Waals surface area contributed by atoms with Gasteiger partial charge < -0.3 is 10.1 Å². The number of hydrogen-bond acceptors (Lipinski definition) is 4. The Balaban J connectivity index is 4.17. The van der Waals surface area contributed by atoms with Crippen LogP contribution >= 0.6 is 0 Å². The molecule has 0 aromatic heterocycles. The van der Waals surface area contributed by atoms with Crippen LogP contribution in [0.1, 0.15) is 26.2 Å². The van der Waals surface area contributed by atoms with E-state index in [1.807, 2.05) is 6.92 Å². The van der Waals surface area contributed by atoms with Crippen LogP contribution in [0.3, 0.4) is 0 Å². The van der Waals surface area contributed by atoms with E-state index in [0.717, 1.165) is 12.7 Å². The Morgan fingerprint density at radius 1 is 1.29 bits per heavy atom. The highest BCUT2D eigenvalue weighted by Crippen LogP contribution is 2.22. The highest BCUT2D eigenvalue weighted by molar-refractivity contribution is 7.90. The van der Waals surface area contributed by atoms with Crippen LogP contribution in [0.4, 0.5) is 17.6 Å². The summed E-state index contributed by atoms with van der Waals surface area (Å²) in [6, 6.07) is -0.333. The number of alkyl halides is 4. The number of ether oxygens (including phenoxy) is 1. The van der Waals surface area contributed by atoms with Crippen molar-refractivity contribution in [1.29, 1.82) is 0 Å². The third kappa shape index (κ3) is 10.9. The van der Waals surface area contributed by atoms with Crippen molar-refractivity contribution in [3.63, 3.8) is 0 Å². The Hall–Kier alpha value is -0.410. The molecule has 0 aromatic carbocycles. The minimum atomic E-state index is -4.16. The molecule has 0 rings (SSSR count). The van der Waals surface area contributed by atoms with Gasteiger partial charge in [0.05, 0.1) is 6.61 Å². The lowest BCUT2D eigenvalue weighted by molar-refractivity contribution is -0.167. The molecule has 0 saturated heterocycles. The van der Waals surface area contributed by atoms with Crippen molar-refractivity contribution >= 4 is 9.84 Å². The van der Waals surface area contributed by atoms with Gasteiger partial charge in [0.1, 0.15) is 16.4 Å². The molecular weight excluding hydrogens is 314 g/mol. The van der Waals surface area contributed by atoms with Gasteiger partial charge in [0.15, 0.2) is 0 Å². The summed E-state index contributed by atoms with van der Waals surface area (Å²) in [6.45, 7) is 1.01. The number of hydrogen-bond donors (Lipinski definition) is 1. The first kappa shape index (κ1) is 20.6. The second-order valence-electron chi connectivity index (χ2n) is 5.00. The molecule has 21 heavy (non-hydrogen) atoms. The molecule has 0 bridgehead atoms. The summed E-state index contributed by atoms with van der Waals surface area (Å²) in [5.41, 5.74) is 0. The van der Waals surface area contributed by atoms with Crippen molar-refractivity contribution in [2.75, 3.05) is 31.8 Å². The third-order valence-corrected chi connectivity index (χ3v) is 3.71. The topological polar surface area (TPSA) is 55.4 Å². The van der Waals surface area contributed by atoms with E-state index in [-0.39, 0.29) is 18.4 Å². The second-order valence-corrected chi connectivity index (χ2v) is 7.26. The highest BCUT2D eigenvalue weighted by atomic mass is 32.2. The van der Waals surface area contributed by atoms with Crippen molar-refractivity contribution in [2.24, 2.45) is 0 Å². The van der Waals surface area contributed by atoms with E-state index in [1.54, 1.807) is 0 Å². The molecule has 0 aliphatic carbocycles. The summed E-state index contributed by atoms with van der Waals surface area (Å²) in [5.74, 6) is -4.17. The molecule has 1 atom stereocenters. The fourth-order valence-corrected chi connectivity index (χ4v) is 2.28. The average molecular weight is 337 g/mol. The first-order valence-corrected chi connectivity index (χ1v) is 8.79. The summed E-state index contributed by atoms with van der Waals surface area (Å²) in [7, 11) is -3.08. The summed E-state index contributed by atoms with van der Waals surface area (Å²) in [6.07, 6.45) is -1.08. The molecule has 0 heterocycles. The second kappa shape index (κ2) is 9.58. The molecule has 1 unspecified atom stereocenters. The third-order valence-electron chi connectivity index (χ3n) is 2.68. The van der Waals surface area contributed by atoms with Crippen LogP contribution in [-0.4, -0.2) is 58.6 Å². The van der Waals surface area contributed by atoms with E-state index in [2.05, 4.69) is 10.1 Å². The number of rotatable bonds is 12. The molecule has 0 spiro atoms. The number of halogens is 4. The van der Waals surface area contributed by atoms with Crippen molar-refractivity contribution < 1.29 is 30.7 Å². The van der Waals surface area contributed by atoms with Crippen molar-refractivity contribution in [3.8, 4) is 0 Å². The Labute approximate surface area is 123 Å². The summed E-state index contributed by atoms with van der Waals surface area (Å²) in [5, 5.41) is 3.02. The Morgan fingerprint density at radius 3 is 2.38 bits per heavy atom. The smallest absolute Gasteiger partial charge is 0.330 e. The molecule has 0 aliphatic rings. The van der Waals surface area contributed by atoms with Crippen LogP contribution in [0.5, 0.6) is 0 Å². The molecule has 0 radical (unpaired) electrons. The van der Waals surface area contributed by atoms with E-state index < -0.39 is 28.8 Å². The summed E-state index contributed by atoms with van der Waals surface area (Å²) < 4.78 is 76.0. The van der Waals surface area contributed by atoms with Gasteiger partial charge in [-0.05, 0) is 25.8 Å². The zero-order valence-electron chi connectivity index (χ0n) is 12.2. The highest BCUT2D eigenvalue weighted by Gasteiger charge is 2.41. The van der Waals surface area contributed by atoms with Crippen LogP contribution in [0.15, 0.2) is 0 Å². The SMILES string of the molecule is CCCNC(CCCS(C)(=O)=O)COCC(F)(F)C(F)F. The number of nitrogens with one attached hydrogen (secondary N) is 1. The summed E-state index contributed by atoms with van der Waals surface area (Å²) in [4.78, 5) is 0. The monoisotopic (exact) mass is 337 g/mol. The molecule has 9 heteroatoms. The Morgan fingerprint density at radius 2 is 1.90 bits per heavy atom. The average Bonchev–Trinajstić information content (AvgIpc) is 2.33. The fraction of sp³-hybridized carbons (Fsp3) is 1.00. The van der Waals surface area contributed by atoms with Gasteiger partial charge in [0.2, 0.25) is 0 Å². The normalized spacial score (nSPS) is 14.6. The Kier molecular flexibility index (Phi) is 9.39. The van der Waals surface area contributed by atoms with E-state index >= 15 is 0 Å². The standard InChI is InChI=1S/C12H23F4NO3S/c1-3-6-17-10(5-4-7-21(2,18)19)8-20-9-12(15,16)11(13)14/h10-11,17H,3-9H2,1-2H3. The molecule has 128 valence electrons. The maximum absolute atomic E-state index is 12.7. The molecule has 4 nitrogen and oxygen atoms in total. The van der Waals surface area contributed by atoms with Gasteiger partial charge in [0, 0.05) is 18.1 Å². The molecule has 0 amide bonds. The van der Waals surface area contributed by atoms with Gasteiger partial charge in [-0.3, -0.25) is 0 Å². The zero-order chi connectivity index (χ0) is 16.5. The largest absolute Gasteiger partial charge is 0.373 e. The summed E-state index contributed by atoms with van der Waals surface area (Å²) >= 11 is 0. The zero-order valence-corrected chi connectivity index (χ0v) is 13.1. The van der Waals surface area contributed by atoms with Crippen LogP contribution in [-0.2, 0) is 14.6 Å². The van der Waals surface area contributed by atoms with Crippen molar-refractivity contribution in [3.05, 3.63) is 0 Å². The minimum absolute atomic E-state index is 0.00943. The first-order valence-electron chi connectivity index (χ1n) is 6.73. The molecule has 0 aromatic rings. The molecular formula is C12H23F4NO3S. The molecule has 0 aliphatic heterocycles. The fourth-order valence-electron chi connectivity index (χ4n) is 1.58. The predicted molar refractivity (Wildman–Crippen MR) is 72.8 cm³/mol. The van der Waals surface area contributed by atoms with Crippen LogP contribution in [0, 0.1) is 0 Å². The van der Waals surface area contributed by atoms with E-state index in [4.69, 9.17) is 0 Å². The lowest BCUT2D eigenvalue weighted by atomic mass is 10.2. The van der Waals surface area contributed by atoms with Gasteiger partial charge in [0.25, 0.3) is 0 Å². The first-order chi connectivity index (χ1) is 9.58. The van der Waals surface area contributed by atoms with Crippen molar-refractivity contribution in [2.45, 2.75) is 44.6 Å². The lowest BCUT2D eigenvalue weighted by Crippen LogP contribution is -2.38. The molecule has 1 N–H and O–H groups in total. The van der Waals surface area contributed by atoms with Gasteiger partial charge >= 0.3 is 12.3 Å². The molecule has 0 saturated carbocycles. The quantitative estimate of drug-likeness (QED) is 0.554. The van der Waals surface area contributed by atoms with Crippen LogP contribution in [0.25, 0.3) is 0 Å². The van der Waals surface area contributed by atoms with E-state index in [0.29, 0.717) is 19.4 Å². The number of sulfone groups is 1. The maximum Gasteiger partial charge on any atom is 0.330 e. The van der Waals surface area contributed by atoms with E-state index in [1.165, 1.54) is 0 Å². The van der Waals surface area contributed by atoms with Gasteiger partial charge in [-0.25, -0.2) is 17.2 Å². The Bertz CT molecular complexity index is 377. The maximum atomic E-state index is 12.7. The van der Waals surface area contributed by atoms with Crippen LogP contribution < -0.4 is 5.32 Å². The lowest BCUT2D eigenvalue weighted by Gasteiger charge is -2.21. The minimum Gasteiger partial charge on any atom is -0.373 e. The predicted octanol–water partition coefficient (Wildman–Crippen LogP) is 2.10. The molecule has 0 fully saturated rings. The van der Waals surface area contributed by atoms with Crippen molar-refractivity contribution in [1.82, 2.24) is 5.32 Å².